The molecule has 0 saturated heterocycles. The molecule has 3 N–H and O–H groups in total. The molecule has 0 saturated carbocycles. The molecule has 0 aromatic heterocycles. The molecule has 110 valence electrons. The van der Waals surface area contributed by atoms with E-state index in [9.17, 15) is 5.11 Å². The molecule has 2 unspecified atom stereocenters. The minimum Gasteiger partial charge on any atom is -0.388 e. The van der Waals surface area contributed by atoms with Gasteiger partial charge in [-0.05, 0) is 54.0 Å². The van der Waals surface area contributed by atoms with Crippen molar-refractivity contribution in [1.29, 1.82) is 0 Å². The summed E-state index contributed by atoms with van der Waals surface area (Å²) in [4.78, 5) is 0. The van der Waals surface area contributed by atoms with Crippen LogP contribution in [-0.2, 0) is 12.8 Å². The molecular weight excluding hydrogens is 258 g/mol. The second-order valence-corrected chi connectivity index (χ2v) is 6.03. The lowest BCUT2D eigenvalue weighted by atomic mass is 9.86. The number of hydrogen-bond donors (Lipinski definition) is 2. The average Bonchev–Trinajstić information content (AvgIpc) is 2.97. The van der Waals surface area contributed by atoms with Crippen molar-refractivity contribution in [1.82, 2.24) is 0 Å². The van der Waals surface area contributed by atoms with Crippen molar-refractivity contribution < 1.29 is 5.11 Å². The summed E-state index contributed by atoms with van der Waals surface area (Å²) < 4.78 is 0. The number of nitrogens with two attached hydrogens (primary N) is 1. The standard InChI is InChI=1S/C19H23NO/c1-13-5-2-3-8-17(13)18(12-20)19(21)16-10-9-14-6-4-7-15(14)11-16/h2-3,5,8-11,18-19,21H,4,6-7,12,20H2,1H3. The van der Waals surface area contributed by atoms with Crippen LogP contribution in [0.4, 0.5) is 0 Å². The lowest BCUT2D eigenvalue weighted by Gasteiger charge is -2.24. The molecule has 0 fully saturated rings. The van der Waals surface area contributed by atoms with Crippen molar-refractivity contribution >= 4 is 0 Å². The van der Waals surface area contributed by atoms with Gasteiger partial charge in [-0.15, -0.1) is 0 Å². The minimum atomic E-state index is -0.540. The molecule has 3 rings (SSSR count). The maximum Gasteiger partial charge on any atom is 0.0870 e. The van der Waals surface area contributed by atoms with Gasteiger partial charge in [0.2, 0.25) is 0 Å². The van der Waals surface area contributed by atoms with Gasteiger partial charge in [-0.2, -0.15) is 0 Å². The second-order valence-electron chi connectivity index (χ2n) is 6.03. The van der Waals surface area contributed by atoms with Crippen LogP contribution in [-0.4, -0.2) is 11.7 Å². The third kappa shape index (κ3) is 2.74. The third-order valence-electron chi connectivity index (χ3n) is 4.69. The largest absolute Gasteiger partial charge is 0.388 e. The number of hydrogen-bond acceptors (Lipinski definition) is 2. The van der Waals surface area contributed by atoms with Gasteiger partial charge >= 0.3 is 0 Å². The Kier molecular flexibility index (Phi) is 4.09. The van der Waals surface area contributed by atoms with E-state index in [1.54, 1.807) is 0 Å². The number of benzene rings is 2. The van der Waals surface area contributed by atoms with Gasteiger partial charge in [-0.3, -0.25) is 0 Å². The van der Waals surface area contributed by atoms with E-state index in [2.05, 4.69) is 37.3 Å². The highest BCUT2D eigenvalue weighted by Crippen LogP contribution is 2.34. The summed E-state index contributed by atoms with van der Waals surface area (Å²) in [6.07, 6.45) is 2.99. The predicted octanol–water partition coefficient (Wildman–Crippen LogP) is 3.26. The van der Waals surface area contributed by atoms with Crippen molar-refractivity contribution in [3.63, 3.8) is 0 Å². The SMILES string of the molecule is Cc1ccccc1C(CN)C(O)c1ccc2c(c1)CCC2. The quantitative estimate of drug-likeness (QED) is 0.903. The number of rotatable bonds is 4. The van der Waals surface area contributed by atoms with Crippen LogP contribution in [0.3, 0.4) is 0 Å². The summed E-state index contributed by atoms with van der Waals surface area (Å²) >= 11 is 0. The number of aliphatic hydroxyl groups excluding tert-OH is 1. The van der Waals surface area contributed by atoms with Gasteiger partial charge in [0.15, 0.2) is 0 Å². The first kappa shape index (κ1) is 14.3. The Labute approximate surface area is 126 Å². The Balaban J connectivity index is 1.92. The van der Waals surface area contributed by atoms with Crippen molar-refractivity contribution in [3.8, 4) is 0 Å². The van der Waals surface area contributed by atoms with Gasteiger partial charge in [-0.25, -0.2) is 0 Å². The van der Waals surface area contributed by atoms with Crippen LogP contribution < -0.4 is 5.73 Å². The highest BCUT2D eigenvalue weighted by Gasteiger charge is 2.24. The summed E-state index contributed by atoms with van der Waals surface area (Å²) in [6.45, 7) is 2.52. The van der Waals surface area contributed by atoms with E-state index in [4.69, 9.17) is 5.73 Å². The molecule has 0 radical (unpaired) electrons. The molecule has 0 bridgehead atoms. The van der Waals surface area contributed by atoms with Crippen LogP contribution >= 0.6 is 0 Å². The number of aliphatic hydroxyl groups is 1. The fourth-order valence-corrected chi connectivity index (χ4v) is 3.44. The Morgan fingerprint density at radius 2 is 1.86 bits per heavy atom. The second kappa shape index (κ2) is 6.00. The van der Waals surface area contributed by atoms with Crippen LogP contribution in [0.25, 0.3) is 0 Å². The zero-order valence-electron chi connectivity index (χ0n) is 12.5. The molecule has 2 nitrogen and oxygen atoms in total. The first-order valence-corrected chi connectivity index (χ1v) is 7.76. The monoisotopic (exact) mass is 281 g/mol. The molecule has 1 aliphatic rings. The Morgan fingerprint density at radius 1 is 1.10 bits per heavy atom. The van der Waals surface area contributed by atoms with Gasteiger partial charge in [-0.1, -0.05) is 42.5 Å². The minimum absolute atomic E-state index is 0.0503. The van der Waals surface area contributed by atoms with E-state index in [1.807, 2.05) is 12.1 Å². The van der Waals surface area contributed by atoms with E-state index in [-0.39, 0.29) is 5.92 Å². The van der Waals surface area contributed by atoms with E-state index in [1.165, 1.54) is 29.5 Å². The molecule has 2 aromatic carbocycles. The van der Waals surface area contributed by atoms with Crippen LogP contribution in [0, 0.1) is 6.92 Å². The van der Waals surface area contributed by atoms with Gasteiger partial charge in [0.1, 0.15) is 0 Å². The lowest BCUT2D eigenvalue weighted by molar-refractivity contribution is 0.147. The average molecular weight is 281 g/mol. The van der Waals surface area contributed by atoms with E-state index < -0.39 is 6.10 Å². The van der Waals surface area contributed by atoms with Gasteiger partial charge in [0, 0.05) is 12.5 Å². The van der Waals surface area contributed by atoms with Crippen LogP contribution in [0.5, 0.6) is 0 Å². The summed E-state index contributed by atoms with van der Waals surface area (Å²) in [5, 5.41) is 10.8. The predicted molar refractivity (Wildman–Crippen MR) is 86.4 cm³/mol. The Morgan fingerprint density at radius 3 is 2.62 bits per heavy atom. The number of aryl methyl sites for hydroxylation is 3. The van der Waals surface area contributed by atoms with Crippen molar-refractivity contribution in [2.75, 3.05) is 6.54 Å². The summed E-state index contributed by atoms with van der Waals surface area (Å²) in [5.74, 6) is -0.0503. The topological polar surface area (TPSA) is 46.2 Å². The first-order valence-electron chi connectivity index (χ1n) is 7.76. The fourth-order valence-electron chi connectivity index (χ4n) is 3.44. The van der Waals surface area contributed by atoms with Crippen LogP contribution in [0.1, 0.15) is 46.3 Å². The van der Waals surface area contributed by atoms with Gasteiger partial charge < -0.3 is 10.8 Å². The molecule has 2 atom stereocenters. The number of fused-ring (bicyclic) bond motifs is 1. The van der Waals surface area contributed by atoms with Crippen molar-refractivity contribution in [3.05, 3.63) is 70.3 Å². The van der Waals surface area contributed by atoms with Gasteiger partial charge in [0.05, 0.1) is 6.10 Å². The highest BCUT2D eigenvalue weighted by atomic mass is 16.3. The molecule has 1 aliphatic carbocycles. The smallest absolute Gasteiger partial charge is 0.0870 e. The van der Waals surface area contributed by atoms with E-state index in [0.717, 1.165) is 17.5 Å². The van der Waals surface area contributed by atoms with Crippen molar-refractivity contribution in [2.45, 2.75) is 38.2 Å². The summed E-state index contributed by atoms with van der Waals surface area (Å²) in [7, 11) is 0. The molecule has 2 heteroatoms. The highest BCUT2D eigenvalue weighted by molar-refractivity contribution is 5.38. The molecular formula is C19H23NO. The normalized spacial score (nSPS) is 16.5. The summed E-state index contributed by atoms with van der Waals surface area (Å²) in [6, 6.07) is 14.6. The molecule has 21 heavy (non-hydrogen) atoms. The Hall–Kier alpha value is -1.64. The molecule has 0 aliphatic heterocycles. The fraction of sp³-hybridized carbons (Fsp3) is 0.368. The molecule has 2 aromatic rings. The zero-order valence-corrected chi connectivity index (χ0v) is 12.5. The molecule has 0 heterocycles. The molecule has 0 amide bonds. The van der Waals surface area contributed by atoms with Crippen molar-refractivity contribution in [2.24, 2.45) is 5.73 Å². The van der Waals surface area contributed by atoms with Crippen LogP contribution in [0.2, 0.25) is 0 Å². The van der Waals surface area contributed by atoms with Gasteiger partial charge in [0.25, 0.3) is 0 Å². The Bertz CT molecular complexity index is 635. The lowest BCUT2D eigenvalue weighted by Crippen LogP contribution is -2.21. The maximum atomic E-state index is 10.8. The summed E-state index contributed by atoms with van der Waals surface area (Å²) in [5.41, 5.74) is 12.1. The third-order valence-corrected chi connectivity index (χ3v) is 4.69. The maximum absolute atomic E-state index is 10.8. The van der Waals surface area contributed by atoms with E-state index in [0.29, 0.717) is 6.54 Å². The first-order chi connectivity index (χ1) is 10.2. The van der Waals surface area contributed by atoms with E-state index >= 15 is 0 Å². The zero-order chi connectivity index (χ0) is 14.8. The van der Waals surface area contributed by atoms with Crippen LogP contribution in [0.15, 0.2) is 42.5 Å². The molecule has 0 spiro atoms.